The number of allylic oxidation sites excluding steroid dienone is 1. The predicted octanol–water partition coefficient (Wildman–Crippen LogP) is 6.87. The van der Waals surface area contributed by atoms with Crippen LogP contribution in [0.2, 0.25) is 0 Å². The second-order valence-corrected chi connectivity index (χ2v) is 7.44. The van der Waals surface area contributed by atoms with Crippen molar-refractivity contribution in [3.05, 3.63) is 108 Å². The molecule has 2 heterocycles. The van der Waals surface area contributed by atoms with Crippen molar-refractivity contribution in [1.29, 1.82) is 0 Å². The summed E-state index contributed by atoms with van der Waals surface area (Å²) in [7, 11) is 0. The van der Waals surface area contributed by atoms with Crippen LogP contribution >= 0.6 is 0 Å². The lowest BCUT2D eigenvalue weighted by Crippen LogP contribution is -2.05. The highest BCUT2D eigenvalue weighted by Crippen LogP contribution is 2.31. The van der Waals surface area contributed by atoms with E-state index in [0.29, 0.717) is 16.8 Å². The normalized spacial score (nSPS) is 12.3. The Labute approximate surface area is 195 Å². The zero-order valence-electron chi connectivity index (χ0n) is 17.7. The smallest absolute Gasteiger partial charge is 0.289 e. The minimum Gasteiger partial charge on any atom is -0.289 e. The molecule has 0 unspecified atom stereocenters. The molecule has 2 aromatic carbocycles. The molecule has 0 aliphatic carbocycles. The lowest BCUT2D eigenvalue weighted by atomic mass is 10.1. The van der Waals surface area contributed by atoms with E-state index >= 15 is 0 Å². The molecule has 0 fully saturated rings. The molecule has 0 radical (unpaired) electrons. The molecular formula is C25H15F6N3O. The predicted molar refractivity (Wildman–Crippen MR) is 117 cm³/mol. The number of ketones is 1. The Hall–Kier alpha value is -4.21. The van der Waals surface area contributed by atoms with E-state index in [0.717, 1.165) is 24.3 Å². The first-order chi connectivity index (χ1) is 16.5. The molecule has 0 saturated carbocycles. The fraction of sp³-hybridized carbons (Fsp3) is 0.0800. The average Bonchev–Trinajstić information content (AvgIpc) is 3.28. The number of alkyl halides is 6. The number of carbonyl (C=O) groups excluding carboxylic acids is 1. The molecule has 0 aliphatic heterocycles. The third-order valence-corrected chi connectivity index (χ3v) is 5.04. The summed E-state index contributed by atoms with van der Waals surface area (Å²) in [5.74, 6) is -0.498. The van der Waals surface area contributed by atoms with Gasteiger partial charge in [-0.3, -0.25) is 9.78 Å². The molecule has 0 bridgehead atoms. The van der Waals surface area contributed by atoms with Crippen LogP contribution in [0, 0.1) is 0 Å². The van der Waals surface area contributed by atoms with Crippen LogP contribution in [0.15, 0.2) is 85.3 Å². The van der Waals surface area contributed by atoms with E-state index in [1.54, 1.807) is 12.1 Å². The minimum atomic E-state index is -4.49. The number of hydrogen-bond donors (Lipinski definition) is 0. The molecule has 4 rings (SSSR count). The van der Waals surface area contributed by atoms with Crippen LogP contribution in [-0.2, 0) is 12.4 Å². The van der Waals surface area contributed by atoms with Crippen molar-refractivity contribution in [2.75, 3.05) is 0 Å². The number of nitrogens with zero attached hydrogens (tertiary/aromatic N) is 3. The summed E-state index contributed by atoms with van der Waals surface area (Å²) in [4.78, 5) is 17.0. The quantitative estimate of drug-likeness (QED) is 0.175. The Kier molecular flexibility index (Phi) is 6.29. The summed E-state index contributed by atoms with van der Waals surface area (Å²) >= 11 is 0. The first-order valence-electron chi connectivity index (χ1n) is 10.1. The molecule has 0 saturated heterocycles. The van der Waals surface area contributed by atoms with Gasteiger partial charge in [0, 0.05) is 24.2 Å². The van der Waals surface area contributed by atoms with E-state index in [9.17, 15) is 31.1 Å². The fourth-order valence-electron chi connectivity index (χ4n) is 3.25. The molecule has 0 amide bonds. The van der Waals surface area contributed by atoms with E-state index in [1.165, 1.54) is 59.7 Å². The highest BCUT2D eigenvalue weighted by molar-refractivity contribution is 6.10. The molecule has 0 N–H and O–H groups in total. The van der Waals surface area contributed by atoms with Crippen LogP contribution in [0.25, 0.3) is 23.0 Å². The van der Waals surface area contributed by atoms with Crippen LogP contribution in [0.1, 0.15) is 27.0 Å². The second kappa shape index (κ2) is 9.21. The third-order valence-electron chi connectivity index (χ3n) is 5.04. The van der Waals surface area contributed by atoms with Gasteiger partial charge < -0.3 is 0 Å². The first kappa shape index (κ1) is 23.9. The summed E-state index contributed by atoms with van der Waals surface area (Å²) < 4.78 is 78.2. The van der Waals surface area contributed by atoms with Crippen LogP contribution in [0.4, 0.5) is 26.3 Å². The van der Waals surface area contributed by atoms with Crippen molar-refractivity contribution >= 4 is 11.9 Å². The van der Waals surface area contributed by atoms with Gasteiger partial charge in [0.2, 0.25) is 0 Å². The van der Waals surface area contributed by atoms with Crippen molar-refractivity contribution in [2.45, 2.75) is 12.4 Å². The molecule has 10 heteroatoms. The molecular weight excluding hydrogens is 472 g/mol. The Balaban J connectivity index is 1.67. The molecule has 2 aromatic heterocycles. The Morgan fingerprint density at radius 3 is 1.97 bits per heavy atom. The Morgan fingerprint density at radius 2 is 1.43 bits per heavy atom. The summed E-state index contributed by atoms with van der Waals surface area (Å²) in [5.41, 5.74) is -0.0572. The lowest BCUT2D eigenvalue weighted by molar-refractivity contribution is -0.138. The van der Waals surface area contributed by atoms with Crippen LogP contribution in [-0.4, -0.2) is 20.5 Å². The molecule has 4 nitrogen and oxygen atoms in total. The van der Waals surface area contributed by atoms with Crippen molar-refractivity contribution < 1.29 is 31.1 Å². The number of benzene rings is 2. The van der Waals surface area contributed by atoms with Gasteiger partial charge in [-0.15, -0.1) is 0 Å². The van der Waals surface area contributed by atoms with Gasteiger partial charge in [-0.1, -0.05) is 18.2 Å². The molecule has 35 heavy (non-hydrogen) atoms. The highest BCUT2D eigenvalue weighted by atomic mass is 19.4. The van der Waals surface area contributed by atoms with Crippen molar-refractivity contribution in [3.63, 3.8) is 0 Å². The monoisotopic (exact) mass is 487 g/mol. The minimum absolute atomic E-state index is 0.140. The maximum absolute atomic E-state index is 13.0. The van der Waals surface area contributed by atoms with Crippen molar-refractivity contribution in [1.82, 2.24) is 14.8 Å². The summed E-state index contributed by atoms with van der Waals surface area (Å²) in [5, 5.41) is 4.37. The average molecular weight is 487 g/mol. The largest absolute Gasteiger partial charge is 0.416 e. The molecule has 4 aromatic rings. The van der Waals surface area contributed by atoms with Gasteiger partial charge >= 0.3 is 12.4 Å². The SMILES string of the molecule is O=C(C=Cc1ccc(C(F)(F)F)cc1)c1cn(-c2ccc(C(F)(F)F)cc2)nc1-c1cccnc1. The number of pyridine rings is 1. The Morgan fingerprint density at radius 1 is 0.829 bits per heavy atom. The van der Waals surface area contributed by atoms with E-state index in [4.69, 9.17) is 0 Å². The summed E-state index contributed by atoms with van der Waals surface area (Å²) in [6, 6.07) is 11.9. The van der Waals surface area contributed by atoms with Gasteiger partial charge in [0.1, 0.15) is 5.69 Å². The number of aromatic nitrogens is 3. The van der Waals surface area contributed by atoms with Crippen LogP contribution < -0.4 is 0 Å². The van der Waals surface area contributed by atoms with Crippen LogP contribution in [0.5, 0.6) is 0 Å². The molecule has 0 atom stereocenters. The third kappa shape index (κ3) is 5.48. The van der Waals surface area contributed by atoms with Crippen LogP contribution in [0.3, 0.4) is 0 Å². The van der Waals surface area contributed by atoms with Crippen molar-refractivity contribution in [3.8, 4) is 16.9 Å². The highest BCUT2D eigenvalue weighted by Gasteiger charge is 2.30. The van der Waals surface area contributed by atoms with Gasteiger partial charge in [0.05, 0.1) is 22.4 Å². The molecule has 0 aliphatic rings. The molecule has 0 spiro atoms. The maximum Gasteiger partial charge on any atom is 0.416 e. The van der Waals surface area contributed by atoms with Crippen molar-refractivity contribution in [2.24, 2.45) is 0 Å². The standard InChI is InChI=1S/C25H15F6N3O/c26-24(27,28)18-6-3-16(4-7-18)5-12-22(35)21-15-34(33-23(21)17-2-1-13-32-14-17)20-10-8-19(9-11-20)25(29,30)31/h1-15H. The topological polar surface area (TPSA) is 47.8 Å². The summed E-state index contributed by atoms with van der Waals surface area (Å²) in [6.07, 6.45) is -2.01. The summed E-state index contributed by atoms with van der Waals surface area (Å²) in [6.45, 7) is 0. The Bertz CT molecular complexity index is 1350. The van der Waals surface area contributed by atoms with E-state index in [-0.39, 0.29) is 11.3 Å². The fourth-order valence-corrected chi connectivity index (χ4v) is 3.25. The van der Waals surface area contributed by atoms with Gasteiger partial charge in [0.25, 0.3) is 0 Å². The zero-order valence-corrected chi connectivity index (χ0v) is 17.7. The van der Waals surface area contributed by atoms with E-state index in [1.807, 2.05) is 0 Å². The number of rotatable bonds is 5. The second-order valence-electron chi connectivity index (χ2n) is 7.44. The number of carbonyl (C=O) groups is 1. The maximum atomic E-state index is 13.0. The number of halogens is 6. The van der Waals surface area contributed by atoms with E-state index in [2.05, 4.69) is 10.1 Å². The van der Waals surface area contributed by atoms with E-state index < -0.39 is 29.3 Å². The zero-order chi connectivity index (χ0) is 25.2. The molecule has 178 valence electrons. The van der Waals surface area contributed by atoms with Gasteiger partial charge in [-0.25, -0.2) is 4.68 Å². The lowest BCUT2D eigenvalue weighted by Gasteiger charge is -2.07. The van der Waals surface area contributed by atoms with Gasteiger partial charge in [-0.05, 0) is 60.2 Å². The van der Waals surface area contributed by atoms with Gasteiger partial charge in [0.15, 0.2) is 5.78 Å². The first-order valence-corrected chi connectivity index (χ1v) is 10.1. The van der Waals surface area contributed by atoms with Gasteiger partial charge in [-0.2, -0.15) is 31.4 Å². The number of hydrogen-bond acceptors (Lipinski definition) is 3.